The topological polar surface area (TPSA) is 82.9 Å². The lowest BCUT2D eigenvalue weighted by molar-refractivity contribution is -0.125. The number of halogens is 1. The highest BCUT2D eigenvalue weighted by Gasteiger charge is 2.48. The molecule has 2 N–H and O–H groups in total. The molecule has 0 aliphatic carbocycles. The molecule has 3 aromatic rings. The zero-order chi connectivity index (χ0) is 26.2. The van der Waals surface area contributed by atoms with Crippen LogP contribution in [0.15, 0.2) is 66.9 Å². The van der Waals surface area contributed by atoms with Gasteiger partial charge in [-0.15, -0.1) is 0 Å². The second kappa shape index (κ2) is 9.72. The first-order valence-electron chi connectivity index (χ1n) is 12.5. The minimum atomic E-state index is -1.04. The van der Waals surface area contributed by atoms with Crippen LogP contribution in [0.5, 0.6) is 5.75 Å². The third-order valence-corrected chi connectivity index (χ3v) is 7.71. The number of carbonyl (C=O) groups is 1. The Hall–Kier alpha value is -3.55. The molecule has 0 spiro atoms. The molecule has 0 radical (unpaired) electrons. The summed E-state index contributed by atoms with van der Waals surface area (Å²) in [6, 6.07) is 15.0. The molecule has 2 aromatic carbocycles. The summed E-state index contributed by atoms with van der Waals surface area (Å²) < 4.78 is 19.4. The molecular weight excluding hydrogens is 471 g/mol. The van der Waals surface area contributed by atoms with Crippen LogP contribution in [-0.4, -0.2) is 45.7 Å². The molecule has 6 nitrogen and oxygen atoms in total. The maximum Gasteiger partial charge on any atom is 0.335 e. The van der Waals surface area contributed by atoms with E-state index in [1.807, 2.05) is 12.1 Å². The van der Waals surface area contributed by atoms with Crippen molar-refractivity contribution in [1.82, 2.24) is 9.88 Å². The number of hydrogen-bond acceptors (Lipinski definition) is 5. The van der Waals surface area contributed by atoms with Crippen molar-refractivity contribution < 1.29 is 24.1 Å². The van der Waals surface area contributed by atoms with E-state index < -0.39 is 17.0 Å². The Balaban J connectivity index is 1.38. The summed E-state index contributed by atoms with van der Waals surface area (Å²) in [5.41, 5.74) is 2.89. The van der Waals surface area contributed by atoms with Gasteiger partial charge < -0.3 is 19.8 Å². The smallest absolute Gasteiger partial charge is 0.335 e. The minimum absolute atomic E-state index is 0.207. The van der Waals surface area contributed by atoms with Crippen LogP contribution < -0.4 is 4.74 Å². The highest BCUT2D eigenvalue weighted by atomic mass is 19.1. The zero-order valence-corrected chi connectivity index (χ0v) is 21.1. The summed E-state index contributed by atoms with van der Waals surface area (Å²) in [6.07, 6.45) is 5.14. The molecule has 1 fully saturated rings. The van der Waals surface area contributed by atoms with Crippen molar-refractivity contribution in [2.24, 2.45) is 5.41 Å². The molecule has 5 rings (SSSR count). The van der Waals surface area contributed by atoms with Gasteiger partial charge in [-0.2, -0.15) is 0 Å². The van der Waals surface area contributed by atoms with Gasteiger partial charge in [0.05, 0.1) is 16.9 Å². The molecule has 3 heterocycles. The summed E-state index contributed by atoms with van der Waals surface area (Å²) in [6.45, 7) is 6.59. The van der Waals surface area contributed by atoms with Crippen LogP contribution in [0.25, 0.3) is 5.57 Å². The number of aliphatic hydroxyl groups is 1. The monoisotopic (exact) mass is 502 g/mol. The Bertz CT molecular complexity index is 1350. The first-order chi connectivity index (χ1) is 17.7. The van der Waals surface area contributed by atoms with Crippen molar-refractivity contribution in [2.45, 2.75) is 38.9 Å². The predicted octanol–water partition coefficient (Wildman–Crippen LogP) is 5.25. The van der Waals surface area contributed by atoms with Crippen molar-refractivity contribution >= 4 is 11.5 Å². The Kier molecular flexibility index (Phi) is 6.60. The number of aromatic nitrogens is 1. The van der Waals surface area contributed by atoms with Crippen molar-refractivity contribution in [3.8, 4) is 5.75 Å². The molecule has 1 saturated heterocycles. The second-order valence-corrected chi connectivity index (χ2v) is 10.5. The number of fused-ring (bicyclic) bond motifs is 2. The van der Waals surface area contributed by atoms with Gasteiger partial charge in [0.1, 0.15) is 18.2 Å². The Morgan fingerprint density at radius 1 is 1.16 bits per heavy atom. The number of piperidine rings is 1. The van der Waals surface area contributed by atoms with E-state index in [-0.39, 0.29) is 11.4 Å². The third-order valence-electron chi connectivity index (χ3n) is 7.71. The Labute approximate surface area is 216 Å². The normalized spacial score (nSPS) is 22.0. The van der Waals surface area contributed by atoms with E-state index in [4.69, 9.17) is 4.74 Å². The Morgan fingerprint density at radius 2 is 1.95 bits per heavy atom. The maximum atomic E-state index is 13.5. The van der Waals surface area contributed by atoms with Gasteiger partial charge in [-0.1, -0.05) is 38.1 Å². The number of ether oxygens (including phenoxy) is 1. The van der Waals surface area contributed by atoms with Gasteiger partial charge in [-0.05, 0) is 60.4 Å². The van der Waals surface area contributed by atoms with Crippen LogP contribution in [0.1, 0.15) is 59.4 Å². The fourth-order valence-corrected chi connectivity index (χ4v) is 5.58. The summed E-state index contributed by atoms with van der Waals surface area (Å²) in [5.74, 6) is -0.659. The van der Waals surface area contributed by atoms with E-state index in [0.717, 1.165) is 40.9 Å². The number of pyridine rings is 1. The maximum absolute atomic E-state index is 13.5. The Morgan fingerprint density at radius 3 is 2.68 bits per heavy atom. The largest absolute Gasteiger partial charge is 0.487 e. The van der Waals surface area contributed by atoms with Crippen molar-refractivity contribution in [1.29, 1.82) is 0 Å². The predicted molar refractivity (Wildman–Crippen MR) is 139 cm³/mol. The van der Waals surface area contributed by atoms with Gasteiger partial charge in [0.25, 0.3) is 0 Å². The quantitative estimate of drug-likeness (QED) is 0.496. The number of nitrogens with zero attached hydrogens (tertiary/aromatic N) is 2. The summed E-state index contributed by atoms with van der Waals surface area (Å²) in [4.78, 5) is 18.5. The standard InChI is InChI=1S/C30H31FN2O4/c1-29(2)19-33(16-13-30(29,36)21-8-10-22(31)11-9-21)15-4-6-23-24-5-3-14-32-26(24)18-37-27-12-7-20(28(34)35)17-25(23)27/h3,5-12,14,17,36H,4,13,15-16,18-19H2,1-2H3,(H,34,35)/b23-6+. The molecule has 37 heavy (non-hydrogen) atoms. The van der Waals surface area contributed by atoms with Gasteiger partial charge in [0.15, 0.2) is 0 Å². The van der Waals surface area contributed by atoms with Gasteiger partial charge in [-0.25, -0.2) is 9.18 Å². The van der Waals surface area contributed by atoms with E-state index >= 15 is 0 Å². The van der Waals surface area contributed by atoms with E-state index in [1.165, 1.54) is 12.1 Å². The molecule has 7 heteroatoms. The van der Waals surface area contributed by atoms with Gasteiger partial charge >= 0.3 is 5.97 Å². The fraction of sp³-hybridized carbons (Fsp3) is 0.333. The summed E-state index contributed by atoms with van der Waals surface area (Å²) in [5, 5.41) is 21.2. The van der Waals surface area contributed by atoms with Gasteiger partial charge in [-0.3, -0.25) is 4.98 Å². The van der Waals surface area contributed by atoms with Crippen molar-refractivity contribution in [3.05, 3.63) is 101 Å². The van der Waals surface area contributed by atoms with Crippen LogP contribution in [0.2, 0.25) is 0 Å². The molecule has 2 aliphatic heterocycles. The molecule has 1 atom stereocenters. The number of carboxylic acid groups (broad SMARTS) is 1. The molecule has 0 amide bonds. The fourth-order valence-electron chi connectivity index (χ4n) is 5.58. The average molecular weight is 503 g/mol. The average Bonchev–Trinajstić information content (AvgIpc) is 3.03. The highest BCUT2D eigenvalue weighted by Crippen LogP contribution is 2.46. The lowest BCUT2D eigenvalue weighted by Crippen LogP contribution is -2.55. The first kappa shape index (κ1) is 25.1. The number of carboxylic acids is 1. The van der Waals surface area contributed by atoms with E-state index in [1.54, 1.807) is 36.5 Å². The van der Waals surface area contributed by atoms with E-state index in [2.05, 4.69) is 29.8 Å². The lowest BCUT2D eigenvalue weighted by atomic mass is 9.66. The second-order valence-electron chi connectivity index (χ2n) is 10.5. The van der Waals surface area contributed by atoms with Crippen LogP contribution in [0, 0.1) is 11.2 Å². The molecule has 1 aromatic heterocycles. The first-order valence-corrected chi connectivity index (χ1v) is 12.5. The summed E-state index contributed by atoms with van der Waals surface area (Å²) >= 11 is 0. The van der Waals surface area contributed by atoms with Crippen molar-refractivity contribution in [2.75, 3.05) is 19.6 Å². The molecule has 0 bridgehead atoms. The highest BCUT2D eigenvalue weighted by molar-refractivity contribution is 5.92. The molecule has 192 valence electrons. The number of rotatable bonds is 5. The van der Waals surface area contributed by atoms with Gasteiger partial charge in [0, 0.05) is 42.4 Å². The minimum Gasteiger partial charge on any atom is -0.487 e. The molecule has 0 saturated carbocycles. The molecular formula is C30H31FN2O4. The number of aromatic carboxylic acids is 1. The number of likely N-dealkylation sites (tertiary alicyclic amines) is 1. The van der Waals surface area contributed by atoms with Crippen LogP contribution in [0.3, 0.4) is 0 Å². The van der Waals surface area contributed by atoms with Crippen LogP contribution in [0.4, 0.5) is 4.39 Å². The van der Waals surface area contributed by atoms with Crippen LogP contribution in [-0.2, 0) is 12.2 Å². The number of hydrogen-bond donors (Lipinski definition) is 2. The SMILES string of the molecule is CC1(C)CN(CC/C=C2/c3cc(C(=O)O)ccc3OCc3ncccc32)CCC1(O)c1ccc(F)cc1. The van der Waals surface area contributed by atoms with Gasteiger partial charge in [0.2, 0.25) is 0 Å². The van der Waals surface area contributed by atoms with E-state index in [9.17, 15) is 19.4 Å². The molecule has 2 aliphatic rings. The molecule has 1 unspecified atom stereocenters. The van der Waals surface area contributed by atoms with Crippen LogP contribution >= 0.6 is 0 Å². The van der Waals surface area contributed by atoms with E-state index in [0.29, 0.717) is 31.9 Å². The van der Waals surface area contributed by atoms with Crippen molar-refractivity contribution in [3.63, 3.8) is 0 Å². The zero-order valence-electron chi connectivity index (χ0n) is 21.1. The summed E-state index contributed by atoms with van der Waals surface area (Å²) in [7, 11) is 0. The lowest BCUT2D eigenvalue weighted by Gasteiger charge is -2.50. The number of benzene rings is 2. The third kappa shape index (κ3) is 4.77.